The van der Waals surface area contributed by atoms with Gasteiger partial charge in [-0.05, 0) is 0 Å². The van der Waals surface area contributed by atoms with Crippen LogP contribution in [0.4, 0.5) is 0 Å². The second-order valence-electron chi connectivity index (χ2n) is 3.79. The third kappa shape index (κ3) is 9.68. The summed E-state index contributed by atoms with van der Waals surface area (Å²) >= 11 is 0. The lowest BCUT2D eigenvalue weighted by Crippen LogP contribution is -2.42. The Labute approximate surface area is 109 Å². The number of nitrogens with zero attached hydrogens (tertiary/aromatic N) is 2. The first-order chi connectivity index (χ1) is 8.85. The van der Waals surface area contributed by atoms with E-state index < -0.39 is 31.0 Å². The minimum atomic E-state index is -1.18. The van der Waals surface area contributed by atoms with E-state index in [0.717, 1.165) is 4.90 Å². The predicted molar refractivity (Wildman–Crippen MR) is 61.9 cm³/mol. The Bertz CT molecular complexity index is 329. The second kappa shape index (κ2) is 9.00. The average molecular weight is 276 g/mol. The van der Waals surface area contributed by atoms with Gasteiger partial charge in [0, 0.05) is 13.1 Å². The number of carboxylic acids is 3. The van der Waals surface area contributed by atoms with Crippen molar-refractivity contribution in [3.8, 4) is 0 Å². The third-order valence-electron chi connectivity index (χ3n) is 2.14. The van der Waals surface area contributed by atoms with Crippen molar-refractivity contribution >= 4 is 24.2 Å². The highest BCUT2D eigenvalue weighted by Crippen LogP contribution is 1.93. The van der Waals surface area contributed by atoms with Gasteiger partial charge in [-0.3, -0.25) is 24.2 Å². The number of rotatable bonds is 11. The summed E-state index contributed by atoms with van der Waals surface area (Å²) in [7, 11) is 0. The van der Waals surface area contributed by atoms with Gasteiger partial charge in [0.15, 0.2) is 0 Å². The molecular weight excluding hydrogens is 260 g/mol. The van der Waals surface area contributed by atoms with Crippen molar-refractivity contribution < 1.29 is 34.5 Å². The van der Waals surface area contributed by atoms with Crippen LogP contribution in [-0.4, -0.2) is 88.6 Å². The highest BCUT2D eigenvalue weighted by atomic mass is 16.4. The molecule has 0 saturated heterocycles. The minimum absolute atomic E-state index is 0.0414. The first-order valence-electron chi connectivity index (χ1n) is 5.39. The van der Waals surface area contributed by atoms with Gasteiger partial charge in [-0.1, -0.05) is 0 Å². The van der Waals surface area contributed by atoms with Crippen LogP contribution in [0.5, 0.6) is 0 Å². The van der Waals surface area contributed by atoms with Crippen molar-refractivity contribution in [3.05, 3.63) is 0 Å². The molecule has 0 aromatic heterocycles. The summed E-state index contributed by atoms with van der Waals surface area (Å²) in [6.07, 6.45) is 0.529. The fourth-order valence-electron chi connectivity index (χ4n) is 1.41. The lowest BCUT2D eigenvalue weighted by Gasteiger charge is -2.23. The van der Waals surface area contributed by atoms with Crippen LogP contribution < -0.4 is 0 Å². The average Bonchev–Trinajstić information content (AvgIpc) is 2.23. The van der Waals surface area contributed by atoms with Crippen LogP contribution in [0.15, 0.2) is 0 Å². The maximum Gasteiger partial charge on any atom is 0.317 e. The molecule has 0 aliphatic carbocycles. The van der Waals surface area contributed by atoms with Crippen molar-refractivity contribution in [2.75, 3.05) is 39.3 Å². The number of carboxylic acid groups (broad SMARTS) is 3. The molecule has 19 heavy (non-hydrogen) atoms. The molecule has 0 bridgehead atoms. The highest BCUT2D eigenvalue weighted by Gasteiger charge is 2.16. The number of aliphatic carboxylic acids is 3. The van der Waals surface area contributed by atoms with Crippen molar-refractivity contribution in [2.45, 2.75) is 0 Å². The van der Waals surface area contributed by atoms with Crippen LogP contribution in [0.3, 0.4) is 0 Å². The molecule has 0 spiro atoms. The molecular formula is C10H16N2O7. The molecule has 0 heterocycles. The van der Waals surface area contributed by atoms with E-state index in [2.05, 4.69) is 0 Å². The molecule has 0 atom stereocenters. The topological polar surface area (TPSA) is 135 Å². The molecule has 0 aliphatic heterocycles. The smallest absolute Gasteiger partial charge is 0.317 e. The lowest BCUT2D eigenvalue weighted by atomic mass is 10.4. The Morgan fingerprint density at radius 2 is 1.16 bits per heavy atom. The number of carbonyl (C=O) groups is 4. The summed E-state index contributed by atoms with van der Waals surface area (Å²) in [5.74, 6) is -3.48. The summed E-state index contributed by atoms with van der Waals surface area (Å²) in [5.41, 5.74) is 0. The highest BCUT2D eigenvalue weighted by molar-refractivity contribution is 5.72. The van der Waals surface area contributed by atoms with Crippen molar-refractivity contribution in [2.24, 2.45) is 0 Å². The maximum absolute atomic E-state index is 10.5. The standard InChI is InChI=1S/C10H16N2O7/c13-4-3-11(5-8(14)15)1-2-12(6-9(16)17)7-10(18)19/h4H,1-3,5-7H2,(H,14,15)(H,16,17)(H,18,19). The summed E-state index contributed by atoms with van der Waals surface area (Å²) in [6, 6.07) is 0. The second-order valence-corrected chi connectivity index (χ2v) is 3.79. The quantitative estimate of drug-likeness (QED) is 0.367. The van der Waals surface area contributed by atoms with Gasteiger partial charge >= 0.3 is 17.9 Å². The SMILES string of the molecule is O=CCN(CCN(CC(=O)O)CC(=O)O)CC(=O)O. The number of hydrogen-bond donors (Lipinski definition) is 3. The van der Waals surface area contributed by atoms with Crippen LogP contribution in [0.1, 0.15) is 0 Å². The Morgan fingerprint density at radius 1 is 0.789 bits per heavy atom. The first-order valence-corrected chi connectivity index (χ1v) is 5.39. The van der Waals surface area contributed by atoms with Gasteiger partial charge in [0.05, 0.1) is 26.2 Å². The van der Waals surface area contributed by atoms with E-state index in [1.165, 1.54) is 4.90 Å². The van der Waals surface area contributed by atoms with E-state index in [1.54, 1.807) is 0 Å². The fraction of sp³-hybridized carbons (Fsp3) is 0.600. The van der Waals surface area contributed by atoms with Crippen LogP contribution in [0.25, 0.3) is 0 Å². The molecule has 0 saturated carbocycles. The number of hydrogen-bond acceptors (Lipinski definition) is 6. The number of aldehydes is 1. The van der Waals surface area contributed by atoms with Gasteiger partial charge in [-0.25, -0.2) is 0 Å². The van der Waals surface area contributed by atoms with E-state index in [1.807, 2.05) is 0 Å². The zero-order chi connectivity index (χ0) is 14.8. The largest absolute Gasteiger partial charge is 0.480 e. The van der Waals surface area contributed by atoms with Gasteiger partial charge in [0.2, 0.25) is 0 Å². The number of carbonyl (C=O) groups excluding carboxylic acids is 1. The van der Waals surface area contributed by atoms with E-state index in [-0.39, 0.29) is 26.2 Å². The first kappa shape index (κ1) is 17.0. The van der Waals surface area contributed by atoms with Crippen molar-refractivity contribution in [1.29, 1.82) is 0 Å². The fourth-order valence-corrected chi connectivity index (χ4v) is 1.41. The summed E-state index contributed by atoms with van der Waals surface area (Å²) in [6.45, 7) is -1.28. The van der Waals surface area contributed by atoms with E-state index in [4.69, 9.17) is 15.3 Å². The van der Waals surface area contributed by atoms with Gasteiger partial charge in [-0.2, -0.15) is 0 Å². The Hall–Kier alpha value is -2.00. The van der Waals surface area contributed by atoms with E-state index in [9.17, 15) is 19.2 Å². The Balaban J connectivity index is 4.37. The van der Waals surface area contributed by atoms with Gasteiger partial charge in [0.1, 0.15) is 6.29 Å². The molecule has 3 N–H and O–H groups in total. The third-order valence-corrected chi connectivity index (χ3v) is 2.14. The summed E-state index contributed by atoms with van der Waals surface area (Å²) < 4.78 is 0. The van der Waals surface area contributed by atoms with E-state index in [0.29, 0.717) is 6.29 Å². The zero-order valence-corrected chi connectivity index (χ0v) is 10.2. The minimum Gasteiger partial charge on any atom is -0.480 e. The molecule has 0 aliphatic rings. The van der Waals surface area contributed by atoms with Crippen LogP contribution in [0, 0.1) is 0 Å². The molecule has 0 amide bonds. The van der Waals surface area contributed by atoms with Gasteiger partial charge in [-0.15, -0.1) is 0 Å². The molecule has 0 unspecified atom stereocenters. The molecule has 108 valence electrons. The summed E-state index contributed by atoms with van der Waals surface area (Å²) in [5, 5.41) is 25.8. The molecule has 0 aromatic rings. The van der Waals surface area contributed by atoms with Crippen molar-refractivity contribution in [1.82, 2.24) is 9.80 Å². The normalized spacial score (nSPS) is 10.6. The Kier molecular flexibility index (Phi) is 8.05. The lowest BCUT2D eigenvalue weighted by molar-refractivity contribution is -0.143. The molecule has 0 rings (SSSR count). The van der Waals surface area contributed by atoms with Crippen LogP contribution in [-0.2, 0) is 19.2 Å². The molecule has 0 radical (unpaired) electrons. The maximum atomic E-state index is 10.5. The van der Waals surface area contributed by atoms with Crippen LogP contribution >= 0.6 is 0 Å². The van der Waals surface area contributed by atoms with Gasteiger partial charge < -0.3 is 20.1 Å². The predicted octanol–water partition coefficient (Wildman–Crippen LogP) is -1.96. The zero-order valence-electron chi connectivity index (χ0n) is 10.2. The van der Waals surface area contributed by atoms with Crippen molar-refractivity contribution in [3.63, 3.8) is 0 Å². The molecule has 0 fully saturated rings. The van der Waals surface area contributed by atoms with Crippen LogP contribution in [0.2, 0.25) is 0 Å². The Morgan fingerprint density at radius 3 is 1.53 bits per heavy atom. The molecule has 0 aromatic carbocycles. The van der Waals surface area contributed by atoms with Gasteiger partial charge in [0.25, 0.3) is 0 Å². The monoisotopic (exact) mass is 276 g/mol. The molecule has 9 nitrogen and oxygen atoms in total. The summed E-state index contributed by atoms with van der Waals surface area (Å²) in [4.78, 5) is 44.4. The van der Waals surface area contributed by atoms with E-state index >= 15 is 0 Å². The molecule has 9 heteroatoms.